The van der Waals surface area contributed by atoms with Crippen molar-refractivity contribution >= 4 is 22.7 Å². The zero-order valence-corrected chi connectivity index (χ0v) is 8.53. The van der Waals surface area contributed by atoms with Crippen LogP contribution in [0.4, 0.5) is 5.69 Å². The molecule has 2 rings (SSSR count). The molecule has 2 aromatic rings. The lowest BCUT2D eigenvalue weighted by atomic mass is 10.1. The molecule has 0 saturated carbocycles. The van der Waals surface area contributed by atoms with E-state index in [-0.39, 0.29) is 6.04 Å². The average Bonchev–Trinajstić information content (AvgIpc) is 2.29. The molecule has 2 aromatic carbocycles. The second-order valence-electron chi connectivity index (χ2n) is 3.55. The number of benzene rings is 2. The van der Waals surface area contributed by atoms with Crippen LogP contribution in [0.25, 0.3) is 10.8 Å². The molecule has 0 aliphatic rings. The number of carbonyl (C=O) groups excluding carboxylic acids is 1. The number of fused-ring (bicyclic) bond motifs is 1. The van der Waals surface area contributed by atoms with E-state index in [0.29, 0.717) is 0 Å². The zero-order chi connectivity index (χ0) is 10.7. The molecule has 0 aliphatic heterocycles. The molecule has 1 radical (unpaired) electrons. The van der Waals surface area contributed by atoms with E-state index in [1.807, 2.05) is 36.6 Å². The monoisotopic (exact) mass is 198 g/mol. The molecule has 0 amide bonds. The largest absolute Gasteiger partial charge is 0.375 e. The molecule has 75 valence electrons. The maximum atomic E-state index is 10.4. The molecular formula is C13H12NO. The number of hydrogen-bond acceptors (Lipinski definition) is 2. The summed E-state index contributed by atoms with van der Waals surface area (Å²) in [7, 11) is 0. The summed E-state index contributed by atoms with van der Waals surface area (Å²) in [4.78, 5) is 10.4. The van der Waals surface area contributed by atoms with Crippen molar-refractivity contribution in [2.45, 2.75) is 13.0 Å². The molecule has 0 aliphatic carbocycles. The van der Waals surface area contributed by atoms with Gasteiger partial charge in [0.25, 0.3) is 0 Å². The summed E-state index contributed by atoms with van der Waals surface area (Å²) in [6, 6.07) is 13.9. The van der Waals surface area contributed by atoms with Crippen LogP contribution < -0.4 is 5.32 Å². The number of anilines is 1. The standard InChI is InChI=1S/C13H12NO/c1-10(9-15)14-13-7-6-11-4-2-3-5-12(11)8-13/h2-8,10,14H,1H3/t10-/m0/s1. The van der Waals surface area contributed by atoms with Crippen molar-refractivity contribution in [2.24, 2.45) is 0 Å². The van der Waals surface area contributed by atoms with Gasteiger partial charge >= 0.3 is 0 Å². The summed E-state index contributed by atoms with van der Waals surface area (Å²) in [5.74, 6) is 0. The predicted octanol–water partition coefficient (Wildman–Crippen LogP) is 2.75. The number of hydrogen-bond donors (Lipinski definition) is 1. The van der Waals surface area contributed by atoms with Crippen LogP contribution in [0.5, 0.6) is 0 Å². The van der Waals surface area contributed by atoms with E-state index in [1.165, 1.54) is 10.8 Å². The summed E-state index contributed by atoms with van der Waals surface area (Å²) < 4.78 is 0. The fraction of sp³-hybridized carbons (Fsp3) is 0.154. The third kappa shape index (κ3) is 2.15. The third-order valence-electron chi connectivity index (χ3n) is 2.31. The van der Waals surface area contributed by atoms with Gasteiger partial charge in [0, 0.05) is 5.69 Å². The zero-order valence-electron chi connectivity index (χ0n) is 8.53. The first-order chi connectivity index (χ1) is 7.29. The molecule has 1 atom stereocenters. The van der Waals surface area contributed by atoms with Gasteiger partial charge in [-0.15, -0.1) is 0 Å². The van der Waals surface area contributed by atoms with E-state index in [1.54, 1.807) is 6.92 Å². The molecule has 0 spiro atoms. The Labute approximate surface area is 88.9 Å². The van der Waals surface area contributed by atoms with Crippen LogP contribution in [0.2, 0.25) is 0 Å². The van der Waals surface area contributed by atoms with E-state index in [2.05, 4.69) is 17.4 Å². The van der Waals surface area contributed by atoms with Crippen LogP contribution in [0.3, 0.4) is 0 Å². The lowest BCUT2D eigenvalue weighted by Crippen LogP contribution is -2.15. The minimum Gasteiger partial charge on any atom is -0.375 e. The van der Waals surface area contributed by atoms with Crippen LogP contribution in [-0.2, 0) is 4.79 Å². The SMILES string of the molecule is C[C@@H]([C]=O)Nc1ccc2ccccc2c1. The molecule has 2 nitrogen and oxygen atoms in total. The summed E-state index contributed by atoms with van der Waals surface area (Å²) >= 11 is 0. The summed E-state index contributed by atoms with van der Waals surface area (Å²) in [6.45, 7) is 1.78. The Morgan fingerprint density at radius 2 is 1.87 bits per heavy atom. The lowest BCUT2D eigenvalue weighted by Gasteiger charge is -2.08. The van der Waals surface area contributed by atoms with Gasteiger partial charge in [-0.25, -0.2) is 0 Å². The number of nitrogens with one attached hydrogen (secondary N) is 1. The normalized spacial score (nSPS) is 12.3. The second kappa shape index (κ2) is 4.13. The van der Waals surface area contributed by atoms with Crippen LogP contribution in [0.1, 0.15) is 6.92 Å². The number of rotatable bonds is 3. The van der Waals surface area contributed by atoms with Gasteiger partial charge in [-0.1, -0.05) is 30.3 Å². The predicted molar refractivity (Wildman–Crippen MR) is 62.7 cm³/mol. The van der Waals surface area contributed by atoms with E-state index in [4.69, 9.17) is 0 Å². The lowest BCUT2D eigenvalue weighted by molar-refractivity contribution is 0.549. The minimum absolute atomic E-state index is 0.272. The molecule has 0 bridgehead atoms. The van der Waals surface area contributed by atoms with Crippen molar-refractivity contribution in [3.8, 4) is 0 Å². The first-order valence-electron chi connectivity index (χ1n) is 4.92. The van der Waals surface area contributed by atoms with Crippen LogP contribution in [0, 0.1) is 0 Å². The maximum absolute atomic E-state index is 10.4. The summed E-state index contributed by atoms with van der Waals surface area (Å²) in [5, 5.41) is 5.43. The van der Waals surface area contributed by atoms with E-state index in [9.17, 15) is 4.79 Å². The molecular weight excluding hydrogens is 186 g/mol. The topological polar surface area (TPSA) is 29.1 Å². The maximum Gasteiger partial charge on any atom is 0.222 e. The average molecular weight is 198 g/mol. The van der Waals surface area contributed by atoms with Crippen LogP contribution in [-0.4, -0.2) is 12.3 Å². The van der Waals surface area contributed by atoms with Crippen molar-refractivity contribution < 1.29 is 4.79 Å². The second-order valence-corrected chi connectivity index (χ2v) is 3.55. The summed E-state index contributed by atoms with van der Waals surface area (Å²) in [5.41, 5.74) is 0.949. The van der Waals surface area contributed by atoms with Gasteiger partial charge in [-0.05, 0) is 29.8 Å². The fourth-order valence-electron chi connectivity index (χ4n) is 1.56. The molecule has 0 aromatic heterocycles. The van der Waals surface area contributed by atoms with Gasteiger partial charge in [-0.2, -0.15) is 0 Å². The smallest absolute Gasteiger partial charge is 0.222 e. The Balaban J connectivity index is 2.34. The quantitative estimate of drug-likeness (QED) is 0.821. The highest BCUT2D eigenvalue weighted by molar-refractivity contribution is 5.86. The Kier molecular flexibility index (Phi) is 2.68. The van der Waals surface area contributed by atoms with Gasteiger partial charge in [0.2, 0.25) is 6.29 Å². The Hall–Kier alpha value is -1.83. The van der Waals surface area contributed by atoms with Crippen molar-refractivity contribution in [1.82, 2.24) is 0 Å². The van der Waals surface area contributed by atoms with Crippen molar-refractivity contribution in [3.05, 3.63) is 42.5 Å². The van der Waals surface area contributed by atoms with Gasteiger partial charge in [0.05, 0.1) is 6.04 Å². The molecule has 15 heavy (non-hydrogen) atoms. The highest BCUT2D eigenvalue weighted by atomic mass is 16.1. The fourth-order valence-corrected chi connectivity index (χ4v) is 1.56. The highest BCUT2D eigenvalue weighted by Crippen LogP contribution is 2.18. The molecule has 0 saturated heterocycles. The Morgan fingerprint density at radius 1 is 1.13 bits per heavy atom. The van der Waals surface area contributed by atoms with Crippen LogP contribution >= 0.6 is 0 Å². The van der Waals surface area contributed by atoms with Gasteiger partial charge in [0.1, 0.15) is 0 Å². The van der Waals surface area contributed by atoms with Crippen molar-refractivity contribution in [1.29, 1.82) is 0 Å². The minimum atomic E-state index is -0.272. The van der Waals surface area contributed by atoms with Crippen molar-refractivity contribution in [3.63, 3.8) is 0 Å². The molecule has 2 heteroatoms. The molecule has 0 heterocycles. The molecule has 0 fully saturated rings. The Morgan fingerprint density at radius 3 is 2.60 bits per heavy atom. The van der Waals surface area contributed by atoms with Gasteiger partial charge in [0.15, 0.2) is 0 Å². The third-order valence-corrected chi connectivity index (χ3v) is 2.31. The van der Waals surface area contributed by atoms with E-state index in [0.717, 1.165) is 5.69 Å². The first kappa shape index (κ1) is 9.71. The summed E-state index contributed by atoms with van der Waals surface area (Å²) in [6.07, 6.45) is 1.90. The van der Waals surface area contributed by atoms with E-state index >= 15 is 0 Å². The van der Waals surface area contributed by atoms with Gasteiger partial charge in [-0.3, -0.25) is 4.79 Å². The Bertz CT molecular complexity index is 479. The van der Waals surface area contributed by atoms with Crippen molar-refractivity contribution in [2.75, 3.05) is 5.32 Å². The first-order valence-corrected chi connectivity index (χ1v) is 4.92. The van der Waals surface area contributed by atoms with E-state index < -0.39 is 0 Å². The van der Waals surface area contributed by atoms with Crippen LogP contribution in [0.15, 0.2) is 42.5 Å². The molecule has 1 N–H and O–H groups in total. The van der Waals surface area contributed by atoms with Gasteiger partial charge < -0.3 is 5.32 Å². The molecule has 0 unspecified atom stereocenters. The highest BCUT2D eigenvalue weighted by Gasteiger charge is 2.00.